The van der Waals surface area contributed by atoms with Gasteiger partial charge in [-0.1, -0.05) is 36.4 Å². The van der Waals surface area contributed by atoms with E-state index >= 15 is 0 Å². The Kier molecular flexibility index (Phi) is 4.46. The van der Waals surface area contributed by atoms with Crippen LogP contribution in [-0.2, 0) is 11.3 Å². The SMILES string of the molecule is O=C(OCc1ccccc1)N1C2C=C(c3cscc3Br)CC1CC2. The molecule has 1 aromatic heterocycles. The molecule has 1 aromatic carbocycles. The molecule has 3 nitrogen and oxygen atoms in total. The second-order valence-corrected chi connectivity index (χ2v) is 7.87. The first kappa shape index (κ1) is 15.9. The second-order valence-electron chi connectivity index (χ2n) is 6.28. The molecule has 1 fully saturated rings. The largest absolute Gasteiger partial charge is 0.445 e. The summed E-state index contributed by atoms with van der Waals surface area (Å²) in [4.78, 5) is 14.5. The summed E-state index contributed by atoms with van der Waals surface area (Å²) < 4.78 is 6.70. The number of nitrogens with zero attached hydrogens (tertiary/aromatic N) is 1. The number of halogens is 1. The number of rotatable bonds is 3. The predicted molar refractivity (Wildman–Crippen MR) is 99.9 cm³/mol. The predicted octanol–water partition coefficient (Wildman–Crippen LogP) is 5.47. The fraction of sp³-hybridized carbons (Fsp3) is 0.316. The van der Waals surface area contributed by atoms with Crippen LogP contribution in [0.3, 0.4) is 0 Å². The van der Waals surface area contributed by atoms with Crippen molar-refractivity contribution in [3.05, 3.63) is 62.8 Å². The second kappa shape index (κ2) is 6.73. The van der Waals surface area contributed by atoms with Crippen molar-refractivity contribution < 1.29 is 9.53 Å². The minimum atomic E-state index is -0.189. The van der Waals surface area contributed by atoms with Crippen molar-refractivity contribution in [2.24, 2.45) is 0 Å². The summed E-state index contributed by atoms with van der Waals surface area (Å²) in [5.41, 5.74) is 3.64. The topological polar surface area (TPSA) is 29.5 Å². The molecule has 5 heteroatoms. The molecule has 0 aliphatic carbocycles. The highest BCUT2D eigenvalue weighted by Crippen LogP contribution is 2.41. The zero-order chi connectivity index (χ0) is 16.5. The van der Waals surface area contributed by atoms with Gasteiger partial charge in [0.25, 0.3) is 0 Å². The number of carbonyl (C=O) groups is 1. The normalized spacial score (nSPS) is 22.4. The van der Waals surface area contributed by atoms with E-state index in [0.29, 0.717) is 6.61 Å². The average Bonchev–Trinajstić information content (AvgIpc) is 3.14. The molecule has 0 radical (unpaired) electrons. The molecule has 1 saturated heterocycles. The zero-order valence-corrected chi connectivity index (χ0v) is 15.6. The van der Waals surface area contributed by atoms with Crippen LogP contribution in [0.4, 0.5) is 4.79 Å². The third-order valence-corrected chi connectivity index (χ3v) is 6.47. The van der Waals surface area contributed by atoms with Crippen molar-refractivity contribution in [1.82, 2.24) is 4.90 Å². The Hall–Kier alpha value is -1.59. The van der Waals surface area contributed by atoms with Crippen molar-refractivity contribution in [3.8, 4) is 0 Å². The summed E-state index contributed by atoms with van der Waals surface area (Å²) in [7, 11) is 0. The maximum atomic E-state index is 12.6. The highest BCUT2D eigenvalue weighted by Gasteiger charge is 2.40. The molecule has 2 aromatic rings. The van der Waals surface area contributed by atoms with Gasteiger partial charge in [-0.2, -0.15) is 11.3 Å². The van der Waals surface area contributed by atoms with Gasteiger partial charge in [-0.15, -0.1) is 0 Å². The number of thiophene rings is 1. The summed E-state index contributed by atoms with van der Waals surface area (Å²) in [5, 5.41) is 4.29. The first-order valence-corrected chi connectivity index (χ1v) is 9.88. The van der Waals surface area contributed by atoms with Crippen molar-refractivity contribution in [1.29, 1.82) is 0 Å². The third kappa shape index (κ3) is 3.03. The van der Waals surface area contributed by atoms with E-state index in [1.54, 1.807) is 11.3 Å². The molecule has 2 unspecified atom stereocenters. The van der Waals surface area contributed by atoms with Gasteiger partial charge in [0.05, 0.1) is 6.04 Å². The summed E-state index contributed by atoms with van der Waals surface area (Å²) in [6.07, 6.45) is 5.04. The Balaban J connectivity index is 1.47. The van der Waals surface area contributed by atoms with Gasteiger partial charge in [0.15, 0.2) is 0 Å². The number of fused-ring (bicyclic) bond motifs is 2. The fourth-order valence-electron chi connectivity index (χ4n) is 3.62. The summed E-state index contributed by atoms with van der Waals surface area (Å²) in [6.45, 7) is 0.336. The molecular formula is C19H18BrNO2S. The van der Waals surface area contributed by atoms with E-state index < -0.39 is 0 Å². The molecule has 1 amide bonds. The van der Waals surface area contributed by atoms with Crippen LogP contribution in [0.15, 0.2) is 51.6 Å². The minimum Gasteiger partial charge on any atom is -0.445 e. The number of amides is 1. The summed E-state index contributed by atoms with van der Waals surface area (Å²) in [5.74, 6) is 0. The molecule has 2 bridgehead atoms. The highest BCUT2D eigenvalue weighted by molar-refractivity contribution is 9.10. The maximum Gasteiger partial charge on any atom is 0.410 e. The lowest BCUT2D eigenvalue weighted by atomic mass is 9.97. The van der Waals surface area contributed by atoms with E-state index in [1.165, 1.54) is 11.1 Å². The lowest BCUT2D eigenvalue weighted by Crippen LogP contribution is -2.43. The van der Waals surface area contributed by atoms with Crippen molar-refractivity contribution >= 4 is 38.9 Å². The molecule has 0 N–H and O–H groups in total. The first-order valence-electron chi connectivity index (χ1n) is 8.14. The first-order chi connectivity index (χ1) is 11.7. The van der Waals surface area contributed by atoms with Gasteiger partial charge in [-0.3, -0.25) is 4.90 Å². The third-order valence-electron chi connectivity index (χ3n) is 4.77. The molecule has 0 spiro atoms. The Labute approximate surface area is 154 Å². The number of ether oxygens (including phenoxy) is 1. The van der Waals surface area contributed by atoms with Crippen molar-refractivity contribution in [2.75, 3.05) is 0 Å². The number of carbonyl (C=O) groups excluding carboxylic acids is 1. The Morgan fingerprint density at radius 2 is 2.08 bits per heavy atom. The molecule has 124 valence electrons. The van der Waals surface area contributed by atoms with Crippen molar-refractivity contribution in [3.63, 3.8) is 0 Å². The average molecular weight is 404 g/mol. The smallest absolute Gasteiger partial charge is 0.410 e. The molecule has 24 heavy (non-hydrogen) atoms. The van der Waals surface area contributed by atoms with Gasteiger partial charge in [-0.25, -0.2) is 4.79 Å². The Bertz CT molecular complexity index is 771. The quantitative estimate of drug-likeness (QED) is 0.679. The monoisotopic (exact) mass is 403 g/mol. The van der Waals surface area contributed by atoms with Gasteiger partial charge in [0.1, 0.15) is 6.61 Å². The molecular weight excluding hydrogens is 386 g/mol. The highest BCUT2D eigenvalue weighted by atomic mass is 79.9. The van der Waals surface area contributed by atoms with Crippen LogP contribution >= 0.6 is 27.3 Å². The van der Waals surface area contributed by atoms with Gasteiger partial charge < -0.3 is 4.74 Å². The molecule has 4 rings (SSSR count). The van der Waals surface area contributed by atoms with Crippen LogP contribution in [0.25, 0.3) is 5.57 Å². The van der Waals surface area contributed by atoms with E-state index in [1.807, 2.05) is 35.2 Å². The van der Waals surface area contributed by atoms with Gasteiger partial charge in [0.2, 0.25) is 0 Å². The standard InChI is InChI=1S/C19H18BrNO2S/c20-18-12-24-11-17(18)14-8-15-6-7-16(9-14)21(15)19(22)23-10-13-4-2-1-3-5-13/h1-5,8,11-12,15-16H,6-7,9-10H2. The van der Waals surface area contributed by atoms with Crippen LogP contribution in [0.5, 0.6) is 0 Å². The Morgan fingerprint density at radius 3 is 2.79 bits per heavy atom. The number of benzene rings is 1. The maximum absolute atomic E-state index is 12.6. The summed E-state index contributed by atoms with van der Waals surface area (Å²) >= 11 is 5.32. The molecule has 2 aliphatic heterocycles. The lowest BCUT2D eigenvalue weighted by molar-refractivity contribution is 0.0832. The van der Waals surface area contributed by atoms with Gasteiger partial charge in [0, 0.05) is 21.5 Å². The van der Waals surface area contributed by atoms with Crippen LogP contribution in [0.1, 0.15) is 30.4 Å². The van der Waals surface area contributed by atoms with E-state index in [4.69, 9.17) is 4.74 Å². The van der Waals surface area contributed by atoms with E-state index in [9.17, 15) is 4.79 Å². The molecule has 2 aliphatic rings. The van der Waals surface area contributed by atoms with Crippen LogP contribution in [0.2, 0.25) is 0 Å². The van der Waals surface area contributed by atoms with Gasteiger partial charge >= 0.3 is 6.09 Å². The summed E-state index contributed by atoms with van der Waals surface area (Å²) in [6, 6.07) is 10.3. The van der Waals surface area contributed by atoms with Crippen molar-refractivity contribution in [2.45, 2.75) is 38.0 Å². The molecule has 2 atom stereocenters. The zero-order valence-electron chi connectivity index (χ0n) is 13.2. The lowest BCUT2D eigenvalue weighted by Gasteiger charge is -2.33. The molecule has 3 heterocycles. The number of hydrogen-bond acceptors (Lipinski definition) is 3. The van der Waals surface area contributed by atoms with E-state index in [2.05, 4.69) is 32.8 Å². The molecule has 0 saturated carbocycles. The van der Waals surface area contributed by atoms with Crippen LogP contribution in [0, 0.1) is 0 Å². The van der Waals surface area contributed by atoms with E-state index in [0.717, 1.165) is 29.3 Å². The van der Waals surface area contributed by atoms with E-state index in [-0.39, 0.29) is 18.2 Å². The Morgan fingerprint density at radius 1 is 1.25 bits per heavy atom. The number of hydrogen-bond donors (Lipinski definition) is 0. The van der Waals surface area contributed by atoms with Crippen LogP contribution in [-0.4, -0.2) is 23.1 Å². The fourth-order valence-corrected chi connectivity index (χ4v) is 5.19. The van der Waals surface area contributed by atoms with Crippen LogP contribution < -0.4 is 0 Å². The minimum absolute atomic E-state index is 0.161. The van der Waals surface area contributed by atoms with Gasteiger partial charge in [-0.05, 0) is 51.7 Å².